The lowest BCUT2D eigenvalue weighted by molar-refractivity contribution is -0.139. The zero-order valence-corrected chi connectivity index (χ0v) is 7.75. The largest absolute Gasteiger partial charge is 0.508 e. The summed E-state index contributed by atoms with van der Waals surface area (Å²) in [5.41, 5.74) is 2.64. The summed E-state index contributed by atoms with van der Waals surface area (Å²) >= 11 is 0. The van der Waals surface area contributed by atoms with E-state index in [-0.39, 0.29) is 12.2 Å². The van der Waals surface area contributed by atoms with E-state index in [1.54, 1.807) is 12.1 Å². The number of aromatic hydroxyl groups is 1. The summed E-state index contributed by atoms with van der Waals surface area (Å²) in [5.74, 6) is -1.05. The molecule has 6 heteroatoms. The normalized spacial score (nSPS) is 11.7. The molecule has 1 rings (SSSR count). The molecule has 0 saturated heterocycles. The molecule has 0 aliphatic heterocycles. The van der Waals surface area contributed by atoms with Gasteiger partial charge in [-0.3, -0.25) is 5.43 Å². The molecule has 80 valence electrons. The first-order valence-corrected chi connectivity index (χ1v) is 4.22. The second kappa shape index (κ2) is 4.94. The molecule has 0 aliphatic carbocycles. The van der Waals surface area contributed by atoms with Crippen molar-refractivity contribution in [3.8, 4) is 5.75 Å². The number of hydrogen-bond acceptors (Lipinski definition) is 4. The second-order valence-electron chi connectivity index (χ2n) is 2.98. The van der Waals surface area contributed by atoms with E-state index in [9.17, 15) is 9.70 Å². The minimum absolute atomic E-state index is 0.104. The van der Waals surface area contributed by atoms with Crippen molar-refractivity contribution in [1.82, 2.24) is 5.43 Å². The lowest BCUT2D eigenvalue weighted by atomic mass is 10.1. The fourth-order valence-electron chi connectivity index (χ4n) is 1.12. The highest BCUT2D eigenvalue weighted by Crippen LogP contribution is 2.11. The number of phenols is 1. The molecule has 1 unspecified atom stereocenters. The van der Waals surface area contributed by atoms with Crippen molar-refractivity contribution in [2.45, 2.75) is 12.5 Å². The topological polar surface area (TPSA) is 99.0 Å². The highest BCUT2D eigenvalue weighted by atomic mass is 16.4. The van der Waals surface area contributed by atoms with Gasteiger partial charge in [-0.05, 0) is 17.7 Å². The highest BCUT2D eigenvalue weighted by Gasteiger charge is 2.17. The number of phenolic OH excluding ortho intramolecular Hbond substituents is 1. The molecule has 0 saturated carbocycles. The first kappa shape index (κ1) is 11.0. The van der Waals surface area contributed by atoms with Crippen molar-refractivity contribution >= 4 is 5.97 Å². The van der Waals surface area contributed by atoms with Crippen molar-refractivity contribution in [1.29, 1.82) is 0 Å². The van der Waals surface area contributed by atoms with Crippen LogP contribution < -0.4 is 5.43 Å². The standard InChI is InChI=1S/C9H10N2O4/c12-7-3-1-6(2-4-7)5-8(9(13)14)10-11-15/h1-4,8,12H,5H2,(H,10,15)(H,13,14). The number of rotatable bonds is 5. The fourth-order valence-corrected chi connectivity index (χ4v) is 1.12. The highest BCUT2D eigenvalue weighted by molar-refractivity contribution is 5.73. The molecule has 1 aromatic carbocycles. The van der Waals surface area contributed by atoms with Crippen molar-refractivity contribution in [3.63, 3.8) is 0 Å². The Hall–Kier alpha value is -2.11. The summed E-state index contributed by atoms with van der Waals surface area (Å²) < 4.78 is 0. The van der Waals surface area contributed by atoms with Crippen molar-refractivity contribution in [2.24, 2.45) is 5.29 Å². The van der Waals surface area contributed by atoms with Crippen LogP contribution in [0.1, 0.15) is 5.56 Å². The Labute approximate surface area is 85.5 Å². The molecule has 0 aliphatic rings. The fraction of sp³-hybridized carbons (Fsp3) is 0.222. The van der Waals surface area contributed by atoms with Gasteiger partial charge in [0, 0.05) is 6.42 Å². The maximum atomic E-state index is 10.6. The van der Waals surface area contributed by atoms with Crippen molar-refractivity contribution < 1.29 is 15.0 Å². The van der Waals surface area contributed by atoms with E-state index >= 15 is 0 Å². The van der Waals surface area contributed by atoms with Crippen LogP contribution in [0, 0.1) is 4.91 Å². The predicted octanol–water partition coefficient (Wildman–Crippen LogP) is 0.659. The Morgan fingerprint density at radius 1 is 1.40 bits per heavy atom. The van der Waals surface area contributed by atoms with Gasteiger partial charge in [0.05, 0.1) is 5.29 Å². The van der Waals surface area contributed by atoms with Gasteiger partial charge in [0.1, 0.15) is 11.8 Å². The average Bonchev–Trinajstić information content (AvgIpc) is 2.20. The van der Waals surface area contributed by atoms with Crippen LogP contribution in [-0.2, 0) is 11.2 Å². The van der Waals surface area contributed by atoms with E-state index in [0.717, 1.165) is 0 Å². The van der Waals surface area contributed by atoms with Gasteiger partial charge in [-0.2, -0.15) is 0 Å². The molecule has 1 aromatic rings. The third-order valence-corrected chi connectivity index (χ3v) is 1.88. The van der Waals surface area contributed by atoms with E-state index in [1.807, 2.05) is 5.43 Å². The van der Waals surface area contributed by atoms with Gasteiger partial charge in [0.25, 0.3) is 0 Å². The smallest absolute Gasteiger partial charge is 0.328 e. The maximum Gasteiger partial charge on any atom is 0.328 e. The predicted molar refractivity (Wildman–Crippen MR) is 52.2 cm³/mol. The SMILES string of the molecule is O=NNC(Cc1ccc(O)cc1)C(=O)O. The molecule has 6 nitrogen and oxygen atoms in total. The van der Waals surface area contributed by atoms with Crippen LogP contribution >= 0.6 is 0 Å². The number of hydrogen-bond donors (Lipinski definition) is 3. The minimum atomic E-state index is -1.15. The van der Waals surface area contributed by atoms with Crippen LogP contribution in [0.5, 0.6) is 5.75 Å². The number of nitrogens with zero attached hydrogens (tertiary/aromatic N) is 1. The first-order chi connectivity index (χ1) is 7.13. The Balaban J connectivity index is 2.69. The van der Waals surface area contributed by atoms with Gasteiger partial charge in [0.2, 0.25) is 0 Å². The lowest BCUT2D eigenvalue weighted by Gasteiger charge is -2.09. The van der Waals surface area contributed by atoms with Crippen molar-refractivity contribution in [2.75, 3.05) is 0 Å². The van der Waals surface area contributed by atoms with Gasteiger partial charge in [0.15, 0.2) is 0 Å². The minimum Gasteiger partial charge on any atom is -0.508 e. The van der Waals surface area contributed by atoms with Crippen LogP contribution in [0.15, 0.2) is 29.6 Å². The van der Waals surface area contributed by atoms with E-state index in [2.05, 4.69) is 5.29 Å². The molecular formula is C9H10N2O4. The van der Waals surface area contributed by atoms with E-state index in [4.69, 9.17) is 10.2 Å². The van der Waals surface area contributed by atoms with Crippen LogP contribution in [0.25, 0.3) is 0 Å². The number of nitroso groups, excluding NO2 is 1. The molecule has 15 heavy (non-hydrogen) atoms. The van der Waals surface area contributed by atoms with E-state index in [1.165, 1.54) is 12.1 Å². The summed E-state index contributed by atoms with van der Waals surface area (Å²) in [6.07, 6.45) is 0.126. The number of carbonyl (C=O) groups is 1. The number of carboxylic acids is 1. The van der Waals surface area contributed by atoms with Crippen LogP contribution in [0.3, 0.4) is 0 Å². The number of benzene rings is 1. The molecule has 0 amide bonds. The van der Waals surface area contributed by atoms with E-state index in [0.29, 0.717) is 5.56 Å². The Bertz CT molecular complexity index is 350. The Morgan fingerprint density at radius 2 is 2.00 bits per heavy atom. The molecule has 3 N–H and O–H groups in total. The van der Waals surface area contributed by atoms with Gasteiger partial charge in [-0.15, -0.1) is 4.91 Å². The number of nitrogens with one attached hydrogen (secondary N) is 1. The van der Waals surface area contributed by atoms with Crippen LogP contribution in [-0.4, -0.2) is 22.2 Å². The molecule has 0 spiro atoms. The quantitative estimate of drug-likeness (QED) is 0.489. The molecule has 0 aromatic heterocycles. The number of aliphatic carboxylic acids is 1. The molecule has 0 radical (unpaired) electrons. The third-order valence-electron chi connectivity index (χ3n) is 1.88. The lowest BCUT2D eigenvalue weighted by Crippen LogP contribution is -2.34. The van der Waals surface area contributed by atoms with Gasteiger partial charge >= 0.3 is 5.97 Å². The number of carboxylic acid groups (broad SMARTS) is 1. The van der Waals surface area contributed by atoms with Crippen LogP contribution in [0.4, 0.5) is 0 Å². The monoisotopic (exact) mass is 210 g/mol. The van der Waals surface area contributed by atoms with Gasteiger partial charge in [-0.1, -0.05) is 12.1 Å². The third kappa shape index (κ3) is 3.26. The summed E-state index contributed by atoms with van der Waals surface area (Å²) in [5, 5.41) is 20.1. The zero-order chi connectivity index (χ0) is 11.3. The summed E-state index contributed by atoms with van der Waals surface area (Å²) in [4.78, 5) is 20.5. The Kier molecular flexibility index (Phi) is 3.61. The molecular weight excluding hydrogens is 200 g/mol. The van der Waals surface area contributed by atoms with Gasteiger partial charge in [-0.25, -0.2) is 4.79 Å². The van der Waals surface area contributed by atoms with Crippen LogP contribution in [0.2, 0.25) is 0 Å². The summed E-state index contributed by atoms with van der Waals surface area (Å²) in [6.45, 7) is 0. The average molecular weight is 210 g/mol. The zero-order valence-electron chi connectivity index (χ0n) is 7.75. The molecule has 0 bridgehead atoms. The van der Waals surface area contributed by atoms with Crippen molar-refractivity contribution in [3.05, 3.63) is 34.7 Å². The molecule has 0 heterocycles. The van der Waals surface area contributed by atoms with Gasteiger partial charge < -0.3 is 10.2 Å². The maximum absolute atomic E-state index is 10.6. The second-order valence-corrected chi connectivity index (χ2v) is 2.98. The Morgan fingerprint density at radius 3 is 2.47 bits per heavy atom. The first-order valence-electron chi connectivity index (χ1n) is 4.22. The van der Waals surface area contributed by atoms with E-state index < -0.39 is 12.0 Å². The summed E-state index contributed by atoms with van der Waals surface area (Å²) in [7, 11) is 0. The summed E-state index contributed by atoms with van der Waals surface area (Å²) in [6, 6.07) is 5.01. The molecule has 0 fully saturated rings. The molecule has 1 atom stereocenters.